The minimum atomic E-state index is -3.97. The van der Waals surface area contributed by atoms with Crippen molar-refractivity contribution in [3.8, 4) is 11.8 Å². The van der Waals surface area contributed by atoms with Gasteiger partial charge in [-0.05, 0) is 19.3 Å². The van der Waals surface area contributed by atoms with Crippen LogP contribution in [0.15, 0.2) is 0 Å². The van der Waals surface area contributed by atoms with Gasteiger partial charge in [-0.2, -0.15) is 13.2 Å². The van der Waals surface area contributed by atoms with Crippen molar-refractivity contribution in [3.05, 3.63) is 0 Å². The van der Waals surface area contributed by atoms with E-state index in [0.717, 1.165) is 44.9 Å². The molecule has 0 aliphatic heterocycles. The Hall–Kier alpha value is -0.650. The summed E-state index contributed by atoms with van der Waals surface area (Å²) in [5.41, 5.74) is 0. The molecule has 0 saturated carbocycles. The normalized spacial score (nSPS) is 11.2. The molecule has 0 aromatic carbocycles. The summed E-state index contributed by atoms with van der Waals surface area (Å²) in [6.45, 7) is 2.13. The van der Waals surface area contributed by atoms with Crippen molar-refractivity contribution in [1.29, 1.82) is 0 Å². The van der Waals surface area contributed by atoms with Gasteiger partial charge in [-0.1, -0.05) is 45.4 Å². The Bertz CT molecular complexity index is 245. The summed E-state index contributed by atoms with van der Waals surface area (Å²) in [7, 11) is 0. The van der Waals surface area contributed by atoms with Crippen LogP contribution in [0, 0.1) is 11.8 Å². The Kier molecular flexibility index (Phi) is 12.0. The van der Waals surface area contributed by atoms with Crippen LogP contribution in [-0.2, 0) is 0 Å². The lowest BCUT2D eigenvalue weighted by molar-refractivity contribution is -0.135. The fraction of sp³-hybridized carbons (Fsp3) is 0.875. The molecule has 0 aromatic heterocycles. The molecular weight excluding hydrogens is 249 g/mol. The minimum Gasteiger partial charge on any atom is -0.171 e. The van der Waals surface area contributed by atoms with E-state index >= 15 is 0 Å². The second-order valence-electron chi connectivity index (χ2n) is 5.05. The van der Waals surface area contributed by atoms with Gasteiger partial charge < -0.3 is 0 Å². The Morgan fingerprint density at radius 2 is 1.16 bits per heavy atom. The third-order valence-corrected chi connectivity index (χ3v) is 3.01. The first-order valence-corrected chi connectivity index (χ1v) is 7.58. The van der Waals surface area contributed by atoms with Gasteiger partial charge in [0, 0.05) is 19.3 Å². The first kappa shape index (κ1) is 18.4. The fourth-order valence-electron chi connectivity index (χ4n) is 1.90. The topological polar surface area (TPSA) is 0 Å². The molecule has 0 unspecified atom stereocenters. The number of hydrogen-bond donors (Lipinski definition) is 0. The molecule has 0 fully saturated rings. The molecule has 112 valence electrons. The summed E-state index contributed by atoms with van der Waals surface area (Å²) < 4.78 is 35.6. The number of rotatable bonds is 10. The molecule has 0 bridgehead atoms. The van der Waals surface area contributed by atoms with Crippen LogP contribution in [0.1, 0.15) is 84.0 Å². The first-order chi connectivity index (χ1) is 9.06. The third-order valence-electron chi connectivity index (χ3n) is 3.01. The van der Waals surface area contributed by atoms with E-state index in [1.165, 1.54) is 12.8 Å². The monoisotopic (exact) mass is 276 g/mol. The third kappa shape index (κ3) is 17.4. The van der Waals surface area contributed by atoms with E-state index in [-0.39, 0.29) is 6.42 Å². The van der Waals surface area contributed by atoms with Crippen molar-refractivity contribution in [3.63, 3.8) is 0 Å². The van der Waals surface area contributed by atoms with Gasteiger partial charge in [0.2, 0.25) is 0 Å². The lowest BCUT2D eigenvalue weighted by Crippen LogP contribution is -2.06. The predicted octanol–water partition coefficient (Wildman–Crippen LogP) is 6.25. The highest BCUT2D eigenvalue weighted by molar-refractivity contribution is 4.98. The highest BCUT2D eigenvalue weighted by Gasteiger charge is 2.25. The van der Waals surface area contributed by atoms with Gasteiger partial charge in [-0.15, -0.1) is 11.8 Å². The second-order valence-corrected chi connectivity index (χ2v) is 5.05. The maximum Gasteiger partial charge on any atom is 0.389 e. The zero-order valence-corrected chi connectivity index (χ0v) is 12.1. The Labute approximate surface area is 116 Å². The van der Waals surface area contributed by atoms with Crippen LogP contribution in [0.3, 0.4) is 0 Å². The van der Waals surface area contributed by atoms with Gasteiger partial charge in [-0.25, -0.2) is 0 Å². The quantitative estimate of drug-likeness (QED) is 0.326. The number of halogens is 3. The van der Waals surface area contributed by atoms with E-state index in [9.17, 15) is 13.2 Å². The molecule has 3 heteroatoms. The average molecular weight is 276 g/mol. The van der Waals surface area contributed by atoms with E-state index in [1.54, 1.807) is 0 Å². The molecule has 0 rings (SSSR count). The maximum atomic E-state index is 11.9. The number of unbranched alkanes of at least 4 members (excludes halogenated alkanes) is 9. The summed E-state index contributed by atoms with van der Waals surface area (Å²) in [5, 5.41) is 0. The highest BCUT2D eigenvalue weighted by Crippen LogP contribution is 2.23. The molecule has 0 atom stereocenters. The number of alkyl halides is 3. The highest BCUT2D eigenvalue weighted by atomic mass is 19.4. The van der Waals surface area contributed by atoms with Gasteiger partial charge in [0.1, 0.15) is 0 Å². The van der Waals surface area contributed by atoms with E-state index in [1.807, 2.05) is 0 Å². The molecule has 0 heterocycles. The Balaban J connectivity index is 3.10. The van der Waals surface area contributed by atoms with Gasteiger partial charge in [-0.3, -0.25) is 0 Å². The number of hydrogen-bond acceptors (Lipinski definition) is 0. The molecular formula is C16H27F3. The second kappa shape index (κ2) is 12.4. The summed E-state index contributed by atoms with van der Waals surface area (Å²) >= 11 is 0. The molecule has 0 aliphatic rings. The molecule has 0 aliphatic carbocycles. The molecule has 0 saturated heterocycles. The van der Waals surface area contributed by atoms with E-state index in [0.29, 0.717) is 6.42 Å². The minimum absolute atomic E-state index is 0.288. The summed E-state index contributed by atoms with van der Waals surface area (Å²) in [4.78, 5) is 0. The van der Waals surface area contributed by atoms with E-state index in [4.69, 9.17) is 0 Å². The molecule has 0 aromatic rings. The molecule has 0 radical (unpaired) electrons. The lowest BCUT2D eigenvalue weighted by atomic mass is 10.1. The van der Waals surface area contributed by atoms with Gasteiger partial charge in [0.15, 0.2) is 0 Å². The summed E-state index contributed by atoms with van der Waals surface area (Å²) in [6, 6.07) is 0. The van der Waals surface area contributed by atoms with Gasteiger partial charge in [0.25, 0.3) is 0 Å². The van der Waals surface area contributed by atoms with Crippen molar-refractivity contribution < 1.29 is 13.2 Å². The zero-order valence-electron chi connectivity index (χ0n) is 12.1. The maximum absolute atomic E-state index is 11.9. The van der Waals surface area contributed by atoms with E-state index in [2.05, 4.69) is 18.8 Å². The van der Waals surface area contributed by atoms with Crippen molar-refractivity contribution in [2.75, 3.05) is 0 Å². The fourth-order valence-corrected chi connectivity index (χ4v) is 1.90. The molecule has 0 nitrogen and oxygen atoms in total. The largest absolute Gasteiger partial charge is 0.389 e. The summed E-state index contributed by atoms with van der Waals surface area (Å²) in [6.07, 6.45) is 6.22. The predicted molar refractivity (Wildman–Crippen MR) is 74.9 cm³/mol. The van der Waals surface area contributed by atoms with Crippen LogP contribution in [0.4, 0.5) is 13.2 Å². The van der Waals surface area contributed by atoms with Crippen molar-refractivity contribution in [1.82, 2.24) is 0 Å². The first-order valence-electron chi connectivity index (χ1n) is 7.58. The molecule has 0 spiro atoms. The van der Waals surface area contributed by atoms with Crippen LogP contribution in [-0.4, -0.2) is 6.18 Å². The Morgan fingerprint density at radius 3 is 1.68 bits per heavy atom. The van der Waals surface area contributed by atoms with Crippen LogP contribution in [0.5, 0.6) is 0 Å². The molecule has 0 N–H and O–H groups in total. The van der Waals surface area contributed by atoms with Crippen molar-refractivity contribution in [2.45, 2.75) is 90.1 Å². The zero-order chi connectivity index (χ0) is 14.4. The molecule has 0 amide bonds. The van der Waals surface area contributed by atoms with Crippen LogP contribution in [0.25, 0.3) is 0 Å². The summed E-state index contributed by atoms with van der Waals surface area (Å²) in [5.74, 6) is 6.29. The molecule has 19 heavy (non-hydrogen) atoms. The van der Waals surface area contributed by atoms with Crippen molar-refractivity contribution in [2.24, 2.45) is 0 Å². The van der Waals surface area contributed by atoms with Gasteiger partial charge >= 0.3 is 6.18 Å². The Morgan fingerprint density at radius 1 is 0.684 bits per heavy atom. The smallest absolute Gasteiger partial charge is 0.171 e. The SMILES string of the molecule is CCCC#CCCCCCCCCCCC(F)(F)F. The van der Waals surface area contributed by atoms with Crippen LogP contribution >= 0.6 is 0 Å². The average Bonchev–Trinajstić information content (AvgIpc) is 2.34. The van der Waals surface area contributed by atoms with Crippen LogP contribution in [0.2, 0.25) is 0 Å². The van der Waals surface area contributed by atoms with E-state index < -0.39 is 12.6 Å². The standard InChI is InChI=1S/C16H27F3/c1-2-3-4-5-6-7-8-9-10-11-12-13-14-15-16(17,18)19/h2-3,6-15H2,1H3. The van der Waals surface area contributed by atoms with Crippen LogP contribution < -0.4 is 0 Å². The van der Waals surface area contributed by atoms with Crippen molar-refractivity contribution >= 4 is 0 Å². The lowest BCUT2D eigenvalue weighted by Gasteiger charge is -2.05. The van der Waals surface area contributed by atoms with Gasteiger partial charge in [0.05, 0.1) is 0 Å².